The number of fused-ring (bicyclic) bond motifs is 2. The molecule has 1 saturated carbocycles. The lowest BCUT2D eigenvalue weighted by molar-refractivity contribution is -0.134. The molecule has 38 heavy (non-hydrogen) atoms. The molecule has 0 radical (unpaired) electrons. The van der Waals surface area contributed by atoms with Crippen molar-refractivity contribution in [2.45, 2.75) is 61.4 Å². The fraction of sp³-hybridized carbons (Fsp3) is 0.414. The SMILES string of the molecule is CCC(N1CCCC1)N1c2ccccc2Sc2ccc(C(=O)NCC3CCC3)cc21.O=C(O)C=CC(=O)O. The van der Waals surface area contributed by atoms with Crippen molar-refractivity contribution < 1.29 is 24.6 Å². The molecule has 3 N–H and O–H groups in total. The third-order valence-corrected chi connectivity index (χ3v) is 8.33. The molecule has 1 aliphatic carbocycles. The highest BCUT2D eigenvalue weighted by Gasteiger charge is 2.33. The highest BCUT2D eigenvalue weighted by atomic mass is 32.2. The Hall–Kier alpha value is -3.30. The van der Waals surface area contributed by atoms with E-state index in [9.17, 15) is 14.4 Å². The number of anilines is 2. The summed E-state index contributed by atoms with van der Waals surface area (Å²) in [5.41, 5.74) is 3.21. The maximum absolute atomic E-state index is 12.9. The van der Waals surface area contributed by atoms with Crippen LogP contribution in [0.4, 0.5) is 11.4 Å². The maximum Gasteiger partial charge on any atom is 0.328 e. The standard InChI is InChI=1S/C25H31N3OS.C4H4O4/c1-2-24(27-14-5-6-15-27)28-20-10-3-4-11-22(20)30-23-13-12-19(16-21(23)28)25(29)26-17-18-8-7-9-18;5-3(6)1-2-4(7)8/h3-4,10-13,16,18,24H,2,5-9,14-15,17H2,1H3,(H,26,29);1-2H,(H,5,6)(H,7,8). The summed E-state index contributed by atoms with van der Waals surface area (Å²) >= 11 is 1.82. The average Bonchev–Trinajstić information content (AvgIpc) is 3.41. The number of carboxylic acid groups (broad SMARTS) is 2. The van der Waals surface area contributed by atoms with Crippen molar-refractivity contribution in [3.8, 4) is 0 Å². The van der Waals surface area contributed by atoms with Crippen molar-refractivity contribution >= 4 is 41.0 Å². The van der Waals surface area contributed by atoms with Gasteiger partial charge in [0.2, 0.25) is 0 Å². The summed E-state index contributed by atoms with van der Waals surface area (Å²) in [6.07, 6.45) is 8.84. The van der Waals surface area contributed by atoms with Gasteiger partial charge in [0.15, 0.2) is 0 Å². The summed E-state index contributed by atoms with van der Waals surface area (Å²) in [4.78, 5) is 39.6. The number of nitrogens with zero attached hydrogens (tertiary/aromatic N) is 2. The highest BCUT2D eigenvalue weighted by molar-refractivity contribution is 7.99. The van der Waals surface area contributed by atoms with Gasteiger partial charge in [-0.15, -0.1) is 0 Å². The Morgan fingerprint density at radius 1 is 0.974 bits per heavy atom. The molecule has 2 fully saturated rings. The first-order valence-corrected chi connectivity index (χ1v) is 14.1. The van der Waals surface area contributed by atoms with Crippen molar-refractivity contribution in [3.63, 3.8) is 0 Å². The molecule has 0 spiro atoms. The number of benzene rings is 2. The maximum atomic E-state index is 12.9. The smallest absolute Gasteiger partial charge is 0.328 e. The van der Waals surface area contributed by atoms with Crippen LogP contribution >= 0.6 is 11.8 Å². The largest absolute Gasteiger partial charge is 0.478 e. The van der Waals surface area contributed by atoms with Crippen molar-refractivity contribution in [3.05, 3.63) is 60.2 Å². The number of aliphatic carboxylic acids is 2. The van der Waals surface area contributed by atoms with E-state index in [2.05, 4.69) is 58.4 Å². The van der Waals surface area contributed by atoms with Crippen LogP contribution in [-0.2, 0) is 9.59 Å². The van der Waals surface area contributed by atoms with Crippen LogP contribution in [0.5, 0.6) is 0 Å². The second-order valence-electron chi connectivity index (χ2n) is 9.77. The minimum atomic E-state index is -1.26. The zero-order valence-electron chi connectivity index (χ0n) is 21.6. The topological polar surface area (TPSA) is 110 Å². The lowest BCUT2D eigenvalue weighted by Gasteiger charge is -2.42. The van der Waals surface area contributed by atoms with Crippen LogP contribution in [0.3, 0.4) is 0 Å². The van der Waals surface area contributed by atoms with E-state index in [4.69, 9.17) is 10.2 Å². The van der Waals surface area contributed by atoms with Gasteiger partial charge in [0.1, 0.15) is 0 Å². The van der Waals surface area contributed by atoms with Crippen molar-refractivity contribution in [1.29, 1.82) is 0 Å². The van der Waals surface area contributed by atoms with E-state index in [-0.39, 0.29) is 5.91 Å². The molecular formula is C29H35N3O5S. The summed E-state index contributed by atoms with van der Waals surface area (Å²) < 4.78 is 0. The van der Waals surface area contributed by atoms with E-state index >= 15 is 0 Å². The summed E-state index contributed by atoms with van der Waals surface area (Å²) in [5.74, 6) is -1.78. The number of para-hydroxylation sites is 1. The zero-order valence-corrected chi connectivity index (χ0v) is 22.5. The van der Waals surface area contributed by atoms with E-state index in [1.165, 1.54) is 53.3 Å². The second-order valence-corrected chi connectivity index (χ2v) is 10.9. The van der Waals surface area contributed by atoms with Gasteiger partial charge in [0, 0.05) is 47.1 Å². The zero-order chi connectivity index (χ0) is 27.1. The van der Waals surface area contributed by atoms with Gasteiger partial charge in [-0.25, -0.2) is 9.59 Å². The Morgan fingerprint density at radius 2 is 1.63 bits per heavy atom. The lowest BCUT2D eigenvalue weighted by Crippen LogP contribution is -2.45. The molecule has 5 rings (SSSR count). The number of hydrogen-bond donors (Lipinski definition) is 3. The van der Waals surface area contributed by atoms with E-state index in [0.717, 1.165) is 31.6 Å². The molecular weight excluding hydrogens is 502 g/mol. The monoisotopic (exact) mass is 537 g/mol. The molecule has 8 nitrogen and oxygen atoms in total. The van der Waals surface area contributed by atoms with Crippen molar-refractivity contribution in [1.82, 2.24) is 10.2 Å². The molecule has 9 heteroatoms. The van der Waals surface area contributed by atoms with Gasteiger partial charge in [-0.1, -0.05) is 37.2 Å². The molecule has 0 bridgehead atoms. The predicted molar refractivity (Wildman–Crippen MR) is 148 cm³/mol. The average molecular weight is 538 g/mol. The Balaban J connectivity index is 0.000000368. The van der Waals surface area contributed by atoms with Crippen LogP contribution in [0.25, 0.3) is 0 Å². The molecule has 1 atom stereocenters. The Morgan fingerprint density at radius 3 is 2.24 bits per heavy atom. The molecule has 2 aliphatic heterocycles. The number of carboxylic acids is 2. The Labute approximate surface area is 227 Å². The Kier molecular flexibility index (Phi) is 9.47. The number of rotatable bonds is 8. The lowest BCUT2D eigenvalue weighted by atomic mass is 9.85. The first-order chi connectivity index (χ1) is 18.4. The molecule has 2 aromatic rings. The van der Waals surface area contributed by atoms with Crippen molar-refractivity contribution in [2.24, 2.45) is 5.92 Å². The van der Waals surface area contributed by atoms with Crippen LogP contribution < -0.4 is 10.2 Å². The van der Waals surface area contributed by atoms with Crippen LogP contribution in [0, 0.1) is 5.92 Å². The minimum absolute atomic E-state index is 0.0581. The first-order valence-electron chi connectivity index (χ1n) is 13.2. The molecule has 0 aromatic heterocycles. The van der Waals surface area contributed by atoms with E-state index in [0.29, 0.717) is 24.2 Å². The van der Waals surface area contributed by atoms with Crippen molar-refractivity contribution in [2.75, 3.05) is 24.5 Å². The number of likely N-dealkylation sites (tertiary alicyclic amines) is 1. The van der Waals surface area contributed by atoms with Gasteiger partial charge >= 0.3 is 11.9 Å². The quantitative estimate of drug-likeness (QED) is 0.386. The van der Waals surface area contributed by atoms with Crippen LogP contribution in [0.1, 0.15) is 55.8 Å². The van der Waals surface area contributed by atoms with Crippen LogP contribution in [0.15, 0.2) is 64.4 Å². The molecule has 1 amide bonds. The fourth-order valence-corrected chi connectivity index (χ4v) is 6.12. The third-order valence-electron chi connectivity index (χ3n) is 7.20. The fourth-order valence-electron chi connectivity index (χ4n) is 5.07. The normalized spacial score (nSPS) is 17.6. The predicted octanol–water partition coefficient (Wildman–Crippen LogP) is 5.36. The summed E-state index contributed by atoms with van der Waals surface area (Å²) in [6.45, 7) is 5.40. The number of amides is 1. The van der Waals surface area contributed by atoms with Gasteiger partial charge in [0.05, 0.1) is 17.5 Å². The van der Waals surface area contributed by atoms with Crippen LogP contribution in [0.2, 0.25) is 0 Å². The molecule has 202 valence electrons. The Bertz CT molecular complexity index is 1170. The van der Waals surface area contributed by atoms with Gasteiger partial charge in [-0.05, 0) is 68.4 Å². The summed E-state index contributed by atoms with van der Waals surface area (Å²) in [6, 6.07) is 14.9. The summed E-state index contributed by atoms with van der Waals surface area (Å²) in [7, 11) is 0. The van der Waals surface area contributed by atoms with Gasteiger partial charge < -0.3 is 20.4 Å². The summed E-state index contributed by atoms with van der Waals surface area (Å²) in [5, 5.41) is 18.8. The second kappa shape index (κ2) is 13.0. The molecule has 3 aliphatic rings. The highest BCUT2D eigenvalue weighted by Crippen LogP contribution is 2.50. The molecule has 1 saturated heterocycles. The van der Waals surface area contributed by atoms with Crippen LogP contribution in [-0.4, -0.2) is 58.8 Å². The molecule has 1 unspecified atom stereocenters. The van der Waals surface area contributed by atoms with E-state index < -0.39 is 11.9 Å². The third kappa shape index (κ3) is 6.76. The molecule has 2 aromatic carbocycles. The first kappa shape index (κ1) is 27.7. The van der Waals surface area contributed by atoms with E-state index in [1.807, 2.05) is 17.8 Å². The number of carbonyl (C=O) groups excluding carboxylic acids is 1. The minimum Gasteiger partial charge on any atom is -0.478 e. The number of nitrogens with one attached hydrogen (secondary N) is 1. The van der Waals surface area contributed by atoms with Gasteiger partial charge in [-0.2, -0.15) is 0 Å². The van der Waals surface area contributed by atoms with E-state index in [1.54, 1.807) is 0 Å². The number of hydrogen-bond acceptors (Lipinski definition) is 6. The number of carbonyl (C=O) groups is 3. The molecule has 2 heterocycles. The van der Waals surface area contributed by atoms with Gasteiger partial charge in [-0.3, -0.25) is 9.69 Å². The van der Waals surface area contributed by atoms with Gasteiger partial charge in [0.25, 0.3) is 5.91 Å².